The Hall–Kier alpha value is -5.87. The maximum Gasteiger partial charge on any atom is 0.264 e. The fourth-order valence-electron chi connectivity index (χ4n) is 6.92. The Bertz CT molecular complexity index is 2200. The molecule has 0 spiro atoms. The van der Waals surface area contributed by atoms with Gasteiger partial charge in [0, 0.05) is 44.0 Å². The zero-order valence-corrected chi connectivity index (χ0v) is 33.4. The number of piperidine rings is 1. The number of sulfonamides is 1. The van der Waals surface area contributed by atoms with Crippen LogP contribution < -0.4 is 24.8 Å². The molecule has 0 bridgehead atoms. The molecule has 2 unspecified atom stereocenters. The lowest BCUT2D eigenvalue weighted by Crippen LogP contribution is -2.54. The molecule has 2 aliphatic rings. The van der Waals surface area contributed by atoms with Crippen molar-refractivity contribution in [3.63, 3.8) is 0 Å². The van der Waals surface area contributed by atoms with Gasteiger partial charge in [0.25, 0.3) is 11.8 Å². The van der Waals surface area contributed by atoms with Crippen molar-refractivity contribution in [1.82, 2.24) is 20.2 Å². The van der Waals surface area contributed by atoms with Crippen LogP contribution in [0.15, 0.2) is 79.0 Å². The van der Waals surface area contributed by atoms with Gasteiger partial charge in [0.05, 0.1) is 29.7 Å². The van der Waals surface area contributed by atoms with Gasteiger partial charge in [0.2, 0.25) is 27.8 Å². The molecule has 4 amide bonds. The number of imide groups is 2. The molecular formula is C42H48N6O9S. The number of aromatic nitrogens is 2. The number of nitrogens with zero attached hydrogens (tertiary/aromatic N) is 3. The third kappa shape index (κ3) is 10.9. The summed E-state index contributed by atoms with van der Waals surface area (Å²) in [5.41, 5.74) is 3.95. The zero-order valence-electron chi connectivity index (χ0n) is 32.6. The number of anilines is 2. The highest BCUT2D eigenvalue weighted by Crippen LogP contribution is 2.33. The Morgan fingerprint density at radius 3 is 2.19 bits per heavy atom. The van der Waals surface area contributed by atoms with Gasteiger partial charge in [-0.25, -0.2) is 18.4 Å². The van der Waals surface area contributed by atoms with Crippen molar-refractivity contribution in [2.45, 2.75) is 70.4 Å². The van der Waals surface area contributed by atoms with E-state index in [9.17, 15) is 27.6 Å². The minimum atomic E-state index is -3.48. The Balaban J connectivity index is 0.844. The van der Waals surface area contributed by atoms with Crippen LogP contribution in [0.25, 0.3) is 0 Å². The molecule has 1 saturated heterocycles. The van der Waals surface area contributed by atoms with E-state index in [0.717, 1.165) is 54.6 Å². The fourth-order valence-corrected chi connectivity index (χ4v) is 7.35. The van der Waals surface area contributed by atoms with E-state index in [1.165, 1.54) is 11.8 Å². The first-order chi connectivity index (χ1) is 28.0. The van der Waals surface area contributed by atoms with Gasteiger partial charge in [0.15, 0.2) is 0 Å². The summed E-state index contributed by atoms with van der Waals surface area (Å²) in [6, 6.07) is 21.8. The fraction of sp³-hybridized carbons (Fsp3) is 0.381. The Labute approximate surface area is 337 Å². The van der Waals surface area contributed by atoms with Gasteiger partial charge in [-0.3, -0.25) is 34.1 Å². The number of rotatable bonds is 21. The second-order valence-corrected chi connectivity index (χ2v) is 15.9. The van der Waals surface area contributed by atoms with Gasteiger partial charge in [-0.1, -0.05) is 37.3 Å². The number of amides is 4. The van der Waals surface area contributed by atoms with E-state index in [4.69, 9.17) is 14.2 Å². The topological polar surface area (TPSA) is 195 Å². The third-order valence-electron chi connectivity index (χ3n) is 9.80. The summed E-state index contributed by atoms with van der Waals surface area (Å²) in [6.07, 6.45) is 6.96. The third-order valence-corrected chi connectivity index (χ3v) is 10.4. The Kier molecular flexibility index (Phi) is 14.1. The highest BCUT2D eigenvalue weighted by atomic mass is 32.2. The van der Waals surface area contributed by atoms with Crippen LogP contribution in [0.1, 0.15) is 95.3 Å². The number of carbonyl (C=O) groups is 4. The summed E-state index contributed by atoms with van der Waals surface area (Å²) in [6.45, 7) is 4.71. The normalized spacial score (nSPS) is 15.8. The second-order valence-electron chi connectivity index (χ2n) is 14.1. The van der Waals surface area contributed by atoms with Crippen molar-refractivity contribution < 1.29 is 41.8 Å². The highest BCUT2D eigenvalue weighted by Gasteiger charge is 2.45. The summed E-state index contributed by atoms with van der Waals surface area (Å²) in [4.78, 5) is 59.3. The summed E-state index contributed by atoms with van der Waals surface area (Å²) < 4.78 is 42.9. The molecule has 58 heavy (non-hydrogen) atoms. The molecule has 2 atom stereocenters. The van der Waals surface area contributed by atoms with E-state index in [1.54, 1.807) is 24.3 Å². The lowest BCUT2D eigenvalue weighted by molar-refractivity contribution is -0.136. The molecule has 4 aromatic rings. The van der Waals surface area contributed by atoms with Crippen LogP contribution in [0.3, 0.4) is 0 Å². The molecule has 6 rings (SSSR count). The quantitative estimate of drug-likeness (QED) is 0.0714. The minimum absolute atomic E-state index is 0.00211. The molecule has 0 saturated carbocycles. The molecule has 306 valence electrons. The van der Waals surface area contributed by atoms with Crippen LogP contribution in [0, 0.1) is 0 Å². The van der Waals surface area contributed by atoms with Gasteiger partial charge < -0.3 is 19.5 Å². The highest BCUT2D eigenvalue weighted by molar-refractivity contribution is 7.92. The van der Waals surface area contributed by atoms with E-state index in [2.05, 4.69) is 44.4 Å². The van der Waals surface area contributed by atoms with Gasteiger partial charge in [-0.05, 0) is 92.1 Å². The molecule has 15 nitrogen and oxygen atoms in total. The molecule has 16 heteroatoms. The van der Waals surface area contributed by atoms with Gasteiger partial charge in [-0.15, -0.1) is 0 Å². The predicted molar refractivity (Wildman–Crippen MR) is 216 cm³/mol. The van der Waals surface area contributed by atoms with Gasteiger partial charge in [0.1, 0.15) is 24.1 Å². The largest absolute Gasteiger partial charge is 0.494 e. The number of benzene rings is 3. The average Bonchev–Trinajstić information content (AvgIpc) is 3.46. The molecule has 3 aromatic carbocycles. The Morgan fingerprint density at radius 2 is 1.52 bits per heavy atom. The summed E-state index contributed by atoms with van der Waals surface area (Å²) in [5.74, 6) is -0.393. The predicted octanol–water partition coefficient (Wildman–Crippen LogP) is 5.44. The first kappa shape index (κ1) is 41.8. The molecule has 1 aromatic heterocycles. The number of hydrogen-bond acceptors (Lipinski definition) is 12. The van der Waals surface area contributed by atoms with Crippen LogP contribution in [0.2, 0.25) is 0 Å². The number of hydrogen-bond donors (Lipinski definition) is 3. The summed E-state index contributed by atoms with van der Waals surface area (Å²) in [5, 5.41) is 5.48. The van der Waals surface area contributed by atoms with Crippen molar-refractivity contribution in [3.05, 3.63) is 107 Å². The Morgan fingerprint density at radius 1 is 0.845 bits per heavy atom. The number of nitrogens with one attached hydrogen (secondary N) is 3. The minimum Gasteiger partial charge on any atom is -0.494 e. The molecule has 3 heterocycles. The van der Waals surface area contributed by atoms with Crippen molar-refractivity contribution in [2.75, 3.05) is 42.7 Å². The van der Waals surface area contributed by atoms with E-state index in [1.807, 2.05) is 36.4 Å². The van der Waals surface area contributed by atoms with E-state index in [-0.39, 0.29) is 42.4 Å². The van der Waals surface area contributed by atoms with E-state index >= 15 is 0 Å². The van der Waals surface area contributed by atoms with E-state index in [0.29, 0.717) is 43.5 Å². The molecule has 0 aliphatic carbocycles. The molecular weight excluding hydrogens is 765 g/mol. The number of unbranched alkanes of at least 4 members (excludes halogenated alkanes) is 2. The van der Waals surface area contributed by atoms with Crippen molar-refractivity contribution in [1.29, 1.82) is 0 Å². The smallest absolute Gasteiger partial charge is 0.264 e. The van der Waals surface area contributed by atoms with Gasteiger partial charge >= 0.3 is 0 Å². The zero-order chi connectivity index (χ0) is 41.1. The number of carbonyl (C=O) groups excluding carboxylic acids is 4. The lowest BCUT2D eigenvalue weighted by Gasteiger charge is -2.27. The first-order valence-electron chi connectivity index (χ1n) is 19.4. The molecule has 2 aliphatic heterocycles. The molecule has 3 N–H and O–H groups in total. The van der Waals surface area contributed by atoms with Crippen LogP contribution in [0.5, 0.6) is 11.5 Å². The van der Waals surface area contributed by atoms with Crippen molar-refractivity contribution >= 4 is 45.3 Å². The lowest BCUT2D eigenvalue weighted by atomic mass is 9.89. The second kappa shape index (κ2) is 19.5. The summed E-state index contributed by atoms with van der Waals surface area (Å²) in [7, 11) is -3.48. The average molecular weight is 813 g/mol. The first-order valence-corrected chi connectivity index (χ1v) is 21.3. The van der Waals surface area contributed by atoms with Gasteiger partial charge in [-0.2, -0.15) is 0 Å². The van der Waals surface area contributed by atoms with E-state index < -0.39 is 39.7 Å². The SMILES string of the molecule is CCC(c1ccc(OCCCCOCCCCNc2cccc3c2C(=O)N(C2CCC(=O)NC2=O)C3=O)cc1)c1ccc(OCc2ccnc(NS(C)(=O)=O)n2)cc1. The molecule has 1 fully saturated rings. The monoisotopic (exact) mass is 812 g/mol. The standard InChI is InChI=1S/C42H48N6O9S/c1-3-33(29-13-17-32(18-14-29)57-27-30-21-23-44-42(45-30)47-58(2,53)54)28-11-15-31(16-12-28)56-26-7-6-25-55-24-5-4-22-43-35-10-8-9-34-38(35)41(52)48(40(34)51)36-19-20-37(49)46-39(36)50/h8-18,21,23,33,36,43H,3-7,19-20,22,24-27H2,1-2H3,(H,44,45,47)(H,46,49,50). The number of fused-ring (bicyclic) bond motifs is 1. The molecule has 0 radical (unpaired) electrons. The van der Waals surface area contributed by atoms with Crippen LogP contribution in [0.4, 0.5) is 11.6 Å². The van der Waals surface area contributed by atoms with Crippen LogP contribution in [-0.4, -0.2) is 85.6 Å². The maximum absolute atomic E-state index is 13.3. The number of ether oxygens (including phenoxy) is 3. The van der Waals surface area contributed by atoms with Crippen molar-refractivity contribution in [3.8, 4) is 11.5 Å². The van der Waals surface area contributed by atoms with Crippen LogP contribution >= 0.6 is 0 Å². The maximum atomic E-state index is 13.3. The summed E-state index contributed by atoms with van der Waals surface area (Å²) >= 11 is 0. The van der Waals surface area contributed by atoms with Crippen molar-refractivity contribution in [2.24, 2.45) is 0 Å². The van der Waals surface area contributed by atoms with Crippen LogP contribution in [-0.2, 0) is 31.0 Å².